The third-order valence-electron chi connectivity index (χ3n) is 4.81. The molecular formula is C22H25N9O3. The quantitative estimate of drug-likeness (QED) is 0.357. The van der Waals surface area contributed by atoms with Gasteiger partial charge in [-0.2, -0.15) is 15.2 Å². The number of para-hydroxylation sites is 1. The topological polar surface area (TPSA) is 134 Å². The maximum Gasteiger partial charge on any atom is 0.343 e. The second kappa shape index (κ2) is 9.98. The van der Waals surface area contributed by atoms with Gasteiger partial charge in [0.15, 0.2) is 17.4 Å². The van der Waals surface area contributed by atoms with E-state index in [4.69, 9.17) is 9.47 Å². The lowest BCUT2D eigenvalue weighted by atomic mass is 10.1. The van der Waals surface area contributed by atoms with Gasteiger partial charge in [-0.25, -0.2) is 14.8 Å². The van der Waals surface area contributed by atoms with E-state index >= 15 is 0 Å². The number of benzene rings is 1. The van der Waals surface area contributed by atoms with Gasteiger partial charge in [0.2, 0.25) is 5.95 Å². The zero-order chi connectivity index (χ0) is 24.1. The Hall–Kier alpha value is -4.48. The Balaban J connectivity index is 1.68. The van der Waals surface area contributed by atoms with E-state index in [2.05, 4.69) is 35.8 Å². The minimum absolute atomic E-state index is 0.192. The summed E-state index contributed by atoms with van der Waals surface area (Å²) < 4.78 is 14.2. The van der Waals surface area contributed by atoms with Gasteiger partial charge in [0.05, 0.1) is 31.2 Å². The van der Waals surface area contributed by atoms with Crippen LogP contribution >= 0.6 is 0 Å². The van der Waals surface area contributed by atoms with Gasteiger partial charge >= 0.3 is 5.97 Å². The maximum atomic E-state index is 12.6. The van der Waals surface area contributed by atoms with Crippen LogP contribution in [0.1, 0.15) is 22.8 Å². The third kappa shape index (κ3) is 4.95. The predicted molar refractivity (Wildman–Crippen MR) is 125 cm³/mol. The Morgan fingerprint density at radius 3 is 2.68 bits per heavy atom. The first-order chi connectivity index (χ1) is 16.5. The van der Waals surface area contributed by atoms with E-state index in [0.717, 1.165) is 5.56 Å². The molecule has 4 aromatic rings. The zero-order valence-electron chi connectivity index (χ0n) is 19.3. The summed E-state index contributed by atoms with van der Waals surface area (Å²) in [5.74, 6) is 1.08. The lowest BCUT2D eigenvalue weighted by Gasteiger charge is -2.16. The second-order valence-electron chi connectivity index (χ2n) is 7.31. The molecule has 0 fully saturated rings. The molecule has 4 rings (SSSR count). The van der Waals surface area contributed by atoms with Crippen LogP contribution in [0.4, 0.5) is 17.5 Å². The first-order valence-corrected chi connectivity index (χ1v) is 10.5. The van der Waals surface area contributed by atoms with Gasteiger partial charge in [-0.05, 0) is 19.1 Å². The Labute approximate surface area is 196 Å². The maximum absolute atomic E-state index is 12.6. The summed E-state index contributed by atoms with van der Waals surface area (Å²) in [7, 11) is 5.19. The number of ether oxygens (including phenoxy) is 2. The molecular weight excluding hydrogens is 438 g/mol. The highest BCUT2D eigenvalue weighted by atomic mass is 16.5. The molecule has 0 aliphatic carbocycles. The fourth-order valence-corrected chi connectivity index (χ4v) is 3.29. The molecule has 0 spiro atoms. The summed E-state index contributed by atoms with van der Waals surface area (Å²) in [6.07, 6.45) is 6.68. The molecule has 0 aliphatic rings. The number of carbonyl (C=O) groups excluding carboxylic acids is 1. The second-order valence-corrected chi connectivity index (χ2v) is 7.31. The molecule has 0 saturated heterocycles. The van der Waals surface area contributed by atoms with Gasteiger partial charge in [-0.1, -0.05) is 6.07 Å². The van der Waals surface area contributed by atoms with Gasteiger partial charge in [0.25, 0.3) is 0 Å². The van der Waals surface area contributed by atoms with E-state index in [1.54, 1.807) is 43.0 Å². The molecule has 34 heavy (non-hydrogen) atoms. The van der Waals surface area contributed by atoms with Crippen LogP contribution in [0, 0.1) is 0 Å². The van der Waals surface area contributed by atoms with Crippen LogP contribution < -0.4 is 15.4 Å². The number of rotatable bonds is 9. The summed E-state index contributed by atoms with van der Waals surface area (Å²) in [5.41, 5.74) is 2.43. The summed E-state index contributed by atoms with van der Waals surface area (Å²) in [6, 6.07) is 5.50. The van der Waals surface area contributed by atoms with Gasteiger partial charge < -0.3 is 20.1 Å². The number of nitrogens with one attached hydrogen (secondary N) is 2. The molecule has 2 N–H and O–H groups in total. The predicted octanol–water partition coefficient (Wildman–Crippen LogP) is 2.55. The third-order valence-corrected chi connectivity index (χ3v) is 4.81. The number of aryl methyl sites for hydroxylation is 2. The Kier molecular flexibility index (Phi) is 6.67. The number of nitrogens with zero attached hydrogens (tertiary/aromatic N) is 7. The molecule has 12 nitrogen and oxygen atoms in total. The Morgan fingerprint density at radius 1 is 1.15 bits per heavy atom. The number of aromatic nitrogens is 7. The molecule has 176 valence electrons. The van der Waals surface area contributed by atoms with Crippen LogP contribution in [0.5, 0.6) is 5.75 Å². The van der Waals surface area contributed by atoms with E-state index in [1.165, 1.54) is 6.20 Å². The van der Waals surface area contributed by atoms with Crippen LogP contribution in [-0.2, 0) is 25.4 Å². The molecule has 3 aromatic heterocycles. The Bertz CT molecular complexity index is 1300. The number of hydrogen-bond donors (Lipinski definition) is 2. The van der Waals surface area contributed by atoms with Crippen LogP contribution in [0.2, 0.25) is 0 Å². The molecule has 12 heteroatoms. The van der Waals surface area contributed by atoms with Crippen molar-refractivity contribution in [2.75, 3.05) is 24.4 Å². The first-order valence-electron chi connectivity index (χ1n) is 10.5. The molecule has 3 heterocycles. The van der Waals surface area contributed by atoms with Crippen molar-refractivity contribution in [1.29, 1.82) is 0 Å². The number of anilines is 3. The molecule has 0 bridgehead atoms. The van der Waals surface area contributed by atoms with Crippen molar-refractivity contribution in [2.45, 2.75) is 13.5 Å². The highest BCUT2D eigenvalue weighted by Crippen LogP contribution is 2.36. The van der Waals surface area contributed by atoms with Crippen molar-refractivity contribution in [1.82, 2.24) is 34.5 Å². The van der Waals surface area contributed by atoms with Crippen LogP contribution in [-0.4, -0.2) is 54.2 Å². The average Bonchev–Trinajstić information content (AvgIpc) is 3.45. The SMILES string of the molecule is CCOC(=O)c1cnc(NCc2cnn(C)c2)nc1Nc1cccc(-c2ncn(C)n2)c1OC. The highest BCUT2D eigenvalue weighted by molar-refractivity contribution is 5.95. The lowest BCUT2D eigenvalue weighted by molar-refractivity contribution is 0.0526. The number of methoxy groups -OCH3 is 1. The number of hydrogen-bond acceptors (Lipinski definition) is 10. The molecule has 1 aromatic carbocycles. The molecule has 0 amide bonds. The average molecular weight is 464 g/mol. The molecule has 0 unspecified atom stereocenters. The van der Waals surface area contributed by atoms with Crippen molar-refractivity contribution in [3.63, 3.8) is 0 Å². The molecule has 0 aliphatic heterocycles. The van der Waals surface area contributed by atoms with Gasteiger partial charge in [0.1, 0.15) is 11.9 Å². The Morgan fingerprint density at radius 2 is 2.00 bits per heavy atom. The minimum atomic E-state index is -0.537. The monoisotopic (exact) mass is 463 g/mol. The standard InChI is InChI=1S/C22H25N9O3/c1-5-34-21(32)16-11-24-22(23-9-14-10-26-30(2)12-14)28-20(16)27-17-8-6-7-15(18(17)33-4)19-25-13-31(3)29-19/h6-8,10-13H,5,9H2,1-4H3,(H2,23,24,27,28). The fraction of sp³-hybridized carbons (Fsp3) is 0.273. The van der Waals surface area contributed by atoms with E-state index in [-0.39, 0.29) is 18.0 Å². The largest absolute Gasteiger partial charge is 0.494 e. The summed E-state index contributed by atoms with van der Waals surface area (Å²) in [5, 5.41) is 14.8. The highest BCUT2D eigenvalue weighted by Gasteiger charge is 2.20. The zero-order valence-corrected chi connectivity index (χ0v) is 19.3. The number of esters is 1. The smallest absolute Gasteiger partial charge is 0.343 e. The van der Waals surface area contributed by atoms with Gasteiger partial charge in [-0.3, -0.25) is 9.36 Å². The van der Waals surface area contributed by atoms with Crippen molar-refractivity contribution in [2.24, 2.45) is 14.1 Å². The normalized spacial score (nSPS) is 10.7. The fourth-order valence-electron chi connectivity index (χ4n) is 3.29. The van der Waals surface area contributed by atoms with Gasteiger partial charge in [-0.15, -0.1) is 0 Å². The van der Waals surface area contributed by atoms with Crippen molar-refractivity contribution >= 4 is 23.4 Å². The van der Waals surface area contributed by atoms with Crippen LogP contribution in [0.25, 0.3) is 11.4 Å². The van der Waals surface area contributed by atoms with E-state index in [0.29, 0.717) is 35.3 Å². The molecule has 0 saturated carbocycles. The van der Waals surface area contributed by atoms with E-state index in [1.807, 2.05) is 31.4 Å². The molecule has 0 atom stereocenters. The summed E-state index contributed by atoms with van der Waals surface area (Å²) >= 11 is 0. The van der Waals surface area contributed by atoms with Crippen molar-refractivity contribution < 1.29 is 14.3 Å². The van der Waals surface area contributed by atoms with E-state index < -0.39 is 5.97 Å². The summed E-state index contributed by atoms with van der Waals surface area (Å²) in [6.45, 7) is 2.43. The van der Waals surface area contributed by atoms with Crippen molar-refractivity contribution in [3.05, 3.63) is 54.2 Å². The van der Waals surface area contributed by atoms with Gasteiger partial charge in [0, 0.05) is 38.6 Å². The summed E-state index contributed by atoms with van der Waals surface area (Å²) in [4.78, 5) is 25.7. The molecule has 0 radical (unpaired) electrons. The first kappa shape index (κ1) is 22.7. The lowest BCUT2D eigenvalue weighted by Crippen LogP contribution is -2.13. The number of carbonyl (C=O) groups is 1. The van der Waals surface area contributed by atoms with Crippen LogP contribution in [0.3, 0.4) is 0 Å². The van der Waals surface area contributed by atoms with Crippen LogP contribution in [0.15, 0.2) is 43.1 Å². The minimum Gasteiger partial charge on any atom is -0.494 e. The van der Waals surface area contributed by atoms with E-state index in [9.17, 15) is 4.79 Å². The van der Waals surface area contributed by atoms with Crippen molar-refractivity contribution in [3.8, 4) is 17.1 Å².